The Hall–Kier alpha value is -5.26. The Morgan fingerprint density at radius 2 is 1.32 bits per heavy atom. The van der Waals surface area contributed by atoms with E-state index < -0.39 is 17.8 Å². The van der Waals surface area contributed by atoms with Gasteiger partial charge in [-0.1, -0.05) is 0 Å². The van der Waals surface area contributed by atoms with Crippen LogP contribution >= 0.6 is 0 Å². The SMILES string of the molecule is COc1ccc(C(=O)Oc2ccc(/C=N/NC(=O)CNC(=O)c3cc(OC)c(OC)c(OC)c3)cc2)cc1OC. The van der Waals surface area contributed by atoms with Crippen molar-refractivity contribution in [2.75, 3.05) is 42.1 Å². The molecule has 0 heterocycles. The second-order valence-corrected chi connectivity index (χ2v) is 7.92. The summed E-state index contributed by atoms with van der Waals surface area (Å²) in [6.45, 7) is -0.322. The first-order chi connectivity index (χ1) is 19.3. The van der Waals surface area contributed by atoms with E-state index in [1.807, 2.05) is 0 Å². The summed E-state index contributed by atoms with van der Waals surface area (Å²) in [7, 11) is 7.30. The molecule has 0 spiro atoms. The lowest BCUT2D eigenvalue weighted by molar-refractivity contribution is -0.120. The number of rotatable bonds is 12. The first kappa shape index (κ1) is 29.3. The highest BCUT2D eigenvalue weighted by Gasteiger charge is 2.17. The highest BCUT2D eigenvalue weighted by Crippen LogP contribution is 2.38. The minimum atomic E-state index is -0.566. The van der Waals surface area contributed by atoms with Crippen molar-refractivity contribution in [2.24, 2.45) is 5.10 Å². The van der Waals surface area contributed by atoms with Gasteiger partial charge in [-0.15, -0.1) is 0 Å². The number of esters is 1. The maximum absolute atomic E-state index is 12.5. The summed E-state index contributed by atoms with van der Waals surface area (Å²) in [5.41, 5.74) is 3.48. The minimum absolute atomic E-state index is 0.220. The van der Waals surface area contributed by atoms with Gasteiger partial charge in [0.15, 0.2) is 23.0 Å². The largest absolute Gasteiger partial charge is 0.493 e. The van der Waals surface area contributed by atoms with Gasteiger partial charge in [0.05, 0.1) is 53.9 Å². The standard InChI is InChI=1S/C28H29N3O9/c1-35-21-11-8-18(12-22(21)36-2)28(34)40-20-9-6-17(7-10-20)15-30-31-25(32)16-29-27(33)19-13-23(37-3)26(39-5)24(14-19)38-4/h6-15H,16H2,1-5H3,(H,29,33)(H,31,32)/b30-15+. The van der Waals surface area contributed by atoms with Gasteiger partial charge in [0.1, 0.15) is 5.75 Å². The van der Waals surface area contributed by atoms with Crippen molar-refractivity contribution in [2.45, 2.75) is 0 Å². The zero-order valence-corrected chi connectivity index (χ0v) is 22.6. The summed E-state index contributed by atoms with van der Waals surface area (Å²) in [6, 6.07) is 14.1. The number of carbonyl (C=O) groups is 3. The molecular formula is C28H29N3O9. The van der Waals surface area contributed by atoms with Crippen LogP contribution < -0.4 is 39.2 Å². The lowest BCUT2D eigenvalue weighted by atomic mass is 10.1. The zero-order chi connectivity index (χ0) is 29.1. The molecule has 0 unspecified atom stereocenters. The number of hydrogen-bond donors (Lipinski definition) is 2. The summed E-state index contributed by atoms with van der Waals surface area (Å²) in [5.74, 6) is 0.554. The van der Waals surface area contributed by atoms with E-state index in [0.717, 1.165) is 0 Å². The number of carbonyl (C=O) groups excluding carboxylic acids is 3. The Kier molecular flexibility index (Phi) is 10.3. The summed E-state index contributed by atoms with van der Waals surface area (Å²) < 4.78 is 31.5. The smallest absolute Gasteiger partial charge is 0.343 e. The van der Waals surface area contributed by atoms with E-state index in [1.165, 1.54) is 60.0 Å². The molecule has 0 aromatic heterocycles. The average Bonchev–Trinajstić information content (AvgIpc) is 2.99. The normalized spacial score (nSPS) is 10.4. The third-order valence-corrected chi connectivity index (χ3v) is 5.45. The molecule has 0 radical (unpaired) electrons. The quantitative estimate of drug-likeness (QED) is 0.150. The van der Waals surface area contributed by atoms with E-state index in [2.05, 4.69) is 15.8 Å². The van der Waals surface area contributed by atoms with Crippen molar-refractivity contribution in [1.82, 2.24) is 10.7 Å². The molecular weight excluding hydrogens is 522 g/mol. The molecule has 0 saturated carbocycles. The molecule has 2 amide bonds. The van der Waals surface area contributed by atoms with Gasteiger partial charge in [0.25, 0.3) is 11.8 Å². The van der Waals surface area contributed by atoms with Crippen LogP contribution in [0.25, 0.3) is 0 Å². The fraction of sp³-hybridized carbons (Fsp3) is 0.214. The van der Waals surface area contributed by atoms with Crippen molar-refractivity contribution in [3.8, 4) is 34.5 Å². The number of nitrogens with zero attached hydrogens (tertiary/aromatic N) is 1. The molecule has 0 aliphatic carbocycles. The van der Waals surface area contributed by atoms with Crippen LogP contribution in [0.5, 0.6) is 34.5 Å². The van der Waals surface area contributed by atoms with Gasteiger partial charge in [-0.3, -0.25) is 9.59 Å². The van der Waals surface area contributed by atoms with Crippen molar-refractivity contribution < 1.29 is 42.8 Å². The van der Waals surface area contributed by atoms with Gasteiger partial charge >= 0.3 is 5.97 Å². The monoisotopic (exact) mass is 551 g/mol. The van der Waals surface area contributed by atoms with E-state index in [0.29, 0.717) is 45.6 Å². The van der Waals surface area contributed by atoms with Crippen LogP contribution in [0.1, 0.15) is 26.3 Å². The van der Waals surface area contributed by atoms with Crippen molar-refractivity contribution in [3.05, 3.63) is 71.3 Å². The third-order valence-electron chi connectivity index (χ3n) is 5.45. The average molecular weight is 552 g/mol. The number of benzene rings is 3. The van der Waals surface area contributed by atoms with Crippen LogP contribution in [-0.2, 0) is 4.79 Å². The summed E-state index contributed by atoms with van der Waals surface area (Å²) >= 11 is 0. The fourth-order valence-corrected chi connectivity index (χ4v) is 3.44. The Bertz CT molecular complexity index is 1360. The molecule has 12 heteroatoms. The second kappa shape index (κ2) is 14.0. The van der Waals surface area contributed by atoms with E-state index >= 15 is 0 Å². The van der Waals surface area contributed by atoms with Crippen LogP contribution in [0.2, 0.25) is 0 Å². The molecule has 12 nitrogen and oxygen atoms in total. The zero-order valence-electron chi connectivity index (χ0n) is 22.6. The summed E-state index contributed by atoms with van der Waals surface area (Å²) in [4.78, 5) is 37.1. The molecule has 0 aliphatic heterocycles. The number of hydrogen-bond acceptors (Lipinski definition) is 10. The Morgan fingerprint density at radius 1 is 0.725 bits per heavy atom. The molecule has 0 bridgehead atoms. The molecule has 0 atom stereocenters. The number of nitrogens with one attached hydrogen (secondary N) is 2. The van der Waals surface area contributed by atoms with E-state index in [1.54, 1.807) is 36.4 Å². The van der Waals surface area contributed by atoms with Crippen molar-refractivity contribution in [3.63, 3.8) is 0 Å². The molecule has 0 saturated heterocycles. The van der Waals surface area contributed by atoms with Crippen LogP contribution in [0.3, 0.4) is 0 Å². The predicted molar refractivity (Wildman–Crippen MR) is 145 cm³/mol. The van der Waals surface area contributed by atoms with Crippen LogP contribution in [0, 0.1) is 0 Å². The van der Waals surface area contributed by atoms with Gasteiger partial charge in [-0.05, 0) is 60.2 Å². The van der Waals surface area contributed by atoms with Gasteiger partial charge < -0.3 is 33.7 Å². The first-order valence-corrected chi connectivity index (χ1v) is 11.8. The van der Waals surface area contributed by atoms with Gasteiger partial charge in [-0.25, -0.2) is 10.2 Å². The first-order valence-electron chi connectivity index (χ1n) is 11.8. The third kappa shape index (κ3) is 7.40. The van der Waals surface area contributed by atoms with Gasteiger partial charge in [-0.2, -0.15) is 5.10 Å². The van der Waals surface area contributed by atoms with Gasteiger partial charge in [0, 0.05) is 5.56 Å². The number of ether oxygens (including phenoxy) is 6. The van der Waals surface area contributed by atoms with Crippen LogP contribution in [-0.4, -0.2) is 66.1 Å². The van der Waals surface area contributed by atoms with E-state index in [4.69, 9.17) is 28.4 Å². The Balaban J connectivity index is 1.51. The number of hydrazone groups is 1. The molecule has 0 fully saturated rings. The molecule has 210 valence electrons. The van der Waals surface area contributed by atoms with Crippen LogP contribution in [0.4, 0.5) is 0 Å². The highest BCUT2D eigenvalue weighted by molar-refractivity contribution is 5.97. The van der Waals surface area contributed by atoms with Gasteiger partial charge in [0.2, 0.25) is 5.75 Å². The number of methoxy groups -OCH3 is 5. The Morgan fingerprint density at radius 3 is 1.90 bits per heavy atom. The topological polar surface area (TPSA) is 143 Å². The lowest BCUT2D eigenvalue weighted by Gasteiger charge is -2.14. The van der Waals surface area contributed by atoms with Crippen molar-refractivity contribution >= 4 is 24.0 Å². The molecule has 3 aromatic carbocycles. The molecule has 2 N–H and O–H groups in total. The Labute approximate surface area is 230 Å². The minimum Gasteiger partial charge on any atom is -0.493 e. The molecule has 3 aromatic rings. The predicted octanol–water partition coefficient (Wildman–Crippen LogP) is 2.83. The maximum atomic E-state index is 12.5. The van der Waals surface area contributed by atoms with Crippen molar-refractivity contribution in [1.29, 1.82) is 0 Å². The summed E-state index contributed by atoms with van der Waals surface area (Å²) in [6.07, 6.45) is 1.40. The fourth-order valence-electron chi connectivity index (χ4n) is 3.44. The maximum Gasteiger partial charge on any atom is 0.343 e. The molecule has 3 rings (SSSR count). The highest BCUT2D eigenvalue weighted by atomic mass is 16.5. The molecule has 40 heavy (non-hydrogen) atoms. The van der Waals surface area contributed by atoms with Crippen LogP contribution in [0.15, 0.2) is 59.7 Å². The summed E-state index contributed by atoms with van der Waals surface area (Å²) in [5, 5.41) is 6.38. The number of amides is 2. The molecule has 0 aliphatic rings. The van der Waals surface area contributed by atoms with E-state index in [-0.39, 0.29) is 12.1 Å². The second-order valence-electron chi connectivity index (χ2n) is 7.92. The van der Waals surface area contributed by atoms with E-state index in [9.17, 15) is 14.4 Å². The lowest BCUT2D eigenvalue weighted by Crippen LogP contribution is -2.34.